The lowest BCUT2D eigenvalue weighted by Crippen LogP contribution is -2.46. The van der Waals surface area contributed by atoms with Gasteiger partial charge in [0.25, 0.3) is 0 Å². The normalized spacial score (nSPS) is 16.5. The highest BCUT2D eigenvalue weighted by Crippen LogP contribution is 2.36. The van der Waals surface area contributed by atoms with Crippen LogP contribution in [0.1, 0.15) is 24.0 Å². The number of piperidine rings is 1. The van der Waals surface area contributed by atoms with Gasteiger partial charge in [0, 0.05) is 18.8 Å². The van der Waals surface area contributed by atoms with E-state index < -0.39 is 17.3 Å². The van der Waals surface area contributed by atoms with E-state index in [4.69, 9.17) is 17.0 Å². The number of nitrogens with zero attached hydrogens (tertiary/aromatic N) is 1. The fourth-order valence-corrected chi connectivity index (χ4v) is 3.53. The van der Waals surface area contributed by atoms with Crippen molar-refractivity contribution in [2.75, 3.05) is 25.5 Å². The van der Waals surface area contributed by atoms with Crippen molar-refractivity contribution < 1.29 is 23.0 Å². The van der Waals surface area contributed by atoms with Crippen molar-refractivity contribution in [1.82, 2.24) is 4.90 Å². The second kappa shape index (κ2) is 7.97. The SMILES string of the molecule is COc1ccc(NC(=S)N2CCC(O)(c3cccc(C(F)(F)F)c3)CC2)cc1. The highest BCUT2D eigenvalue weighted by Gasteiger charge is 2.37. The Kier molecular flexibility index (Phi) is 5.81. The molecule has 0 radical (unpaired) electrons. The Morgan fingerprint density at radius 1 is 1.14 bits per heavy atom. The number of benzene rings is 2. The maximum Gasteiger partial charge on any atom is 0.416 e. The summed E-state index contributed by atoms with van der Waals surface area (Å²) in [6.07, 6.45) is -3.85. The van der Waals surface area contributed by atoms with Gasteiger partial charge in [0.15, 0.2) is 5.11 Å². The first-order valence-electron chi connectivity index (χ1n) is 8.81. The van der Waals surface area contributed by atoms with Crippen molar-refractivity contribution in [2.45, 2.75) is 24.6 Å². The zero-order chi connectivity index (χ0) is 20.4. The molecule has 150 valence electrons. The smallest absolute Gasteiger partial charge is 0.416 e. The summed E-state index contributed by atoms with van der Waals surface area (Å²) in [5.41, 5.74) is -0.953. The number of aliphatic hydroxyl groups is 1. The fourth-order valence-electron chi connectivity index (χ4n) is 3.23. The van der Waals surface area contributed by atoms with Gasteiger partial charge in [-0.05, 0) is 67.0 Å². The Morgan fingerprint density at radius 3 is 2.36 bits per heavy atom. The minimum Gasteiger partial charge on any atom is -0.497 e. The second-order valence-electron chi connectivity index (χ2n) is 6.76. The van der Waals surface area contributed by atoms with E-state index in [0.29, 0.717) is 31.0 Å². The molecule has 4 nitrogen and oxygen atoms in total. The van der Waals surface area contributed by atoms with Gasteiger partial charge in [-0.25, -0.2) is 0 Å². The van der Waals surface area contributed by atoms with E-state index >= 15 is 0 Å². The predicted molar refractivity (Wildman–Crippen MR) is 105 cm³/mol. The molecule has 0 aromatic heterocycles. The van der Waals surface area contributed by atoms with Crippen molar-refractivity contribution in [3.63, 3.8) is 0 Å². The molecule has 1 aliphatic rings. The minimum atomic E-state index is -4.43. The number of anilines is 1. The van der Waals surface area contributed by atoms with E-state index in [1.807, 2.05) is 29.2 Å². The summed E-state index contributed by atoms with van der Waals surface area (Å²) in [5.74, 6) is 0.737. The Hall–Kier alpha value is -2.32. The molecule has 2 aromatic rings. The topological polar surface area (TPSA) is 44.7 Å². The lowest BCUT2D eigenvalue weighted by atomic mass is 9.84. The molecule has 1 saturated heterocycles. The van der Waals surface area contributed by atoms with E-state index in [1.165, 1.54) is 6.07 Å². The van der Waals surface area contributed by atoms with Gasteiger partial charge in [0.2, 0.25) is 0 Å². The molecule has 0 bridgehead atoms. The number of halogens is 3. The highest BCUT2D eigenvalue weighted by molar-refractivity contribution is 7.80. The highest BCUT2D eigenvalue weighted by atomic mass is 32.1. The average Bonchev–Trinajstić information content (AvgIpc) is 2.68. The molecule has 0 saturated carbocycles. The first-order chi connectivity index (χ1) is 13.2. The van der Waals surface area contributed by atoms with Crippen molar-refractivity contribution in [3.05, 3.63) is 59.7 Å². The molecule has 28 heavy (non-hydrogen) atoms. The third kappa shape index (κ3) is 4.56. The van der Waals surface area contributed by atoms with Crippen LogP contribution in [0.3, 0.4) is 0 Å². The molecular weight excluding hydrogens is 389 g/mol. The standard InChI is InChI=1S/C20H21F3N2O2S/c1-27-17-7-5-16(6-8-17)24-18(28)25-11-9-19(26,10-12-25)14-3-2-4-15(13-14)20(21,22)23/h2-8,13,26H,9-12H2,1H3,(H,24,28). The van der Waals surface area contributed by atoms with Crippen LogP contribution in [0.2, 0.25) is 0 Å². The van der Waals surface area contributed by atoms with E-state index in [0.717, 1.165) is 23.6 Å². The third-order valence-electron chi connectivity index (χ3n) is 4.95. The number of alkyl halides is 3. The predicted octanol–water partition coefficient (Wildman–Crippen LogP) is 4.39. The zero-order valence-electron chi connectivity index (χ0n) is 15.3. The number of hydrogen-bond donors (Lipinski definition) is 2. The first-order valence-corrected chi connectivity index (χ1v) is 9.22. The Balaban J connectivity index is 1.63. The lowest BCUT2D eigenvalue weighted by Gasteiger charge is -2.39. The summed E-state index contributed by atoms with van der Waals surface area (Å²) in [6, 6.07) is 12.2. The number of methoxy groups -OCH3 is 1. The maximum absolute atomic E-state index is 13.0. The third-order valence-corrected chi connectivity index (χ3v) is 5.31. The zero-order valence-corrected chi connectivity index (χ0v) is 16.1. The average molecular weight is 410 g/mol. The number of hydrogen-bond acceptors (Lipinski definition) is 3. The van der Waals surface area contributed by atoms with E-state index in [1.54, 1.807) is 13.2 Å². The summed E-state index contributed by atoms with van der Waals surface area (Å²) in [5, 5.41) is 14.5. The summed E-state index contributed by atoms with van der Waals surface area (Å²) in [7, 11) is 1.59. The fraction of sp³-hybridized carbons (Fsp3) is 0.350. The Bertz CT molecular complexity index is 832. The summed E-state index contributed by atoms with van der Waals surface area (Å²) in [4.78, 5) is 1.90. The number of nitrogens with one attached hydrogen (secondary N) is 1. The molecule has 1 fully saturated rings. The van der Waals surface area contributed by atoms with Crippen molar-refractivity contribution in [3.8, 4) is 5.75 Å². The second-order valence-corrected chi connectivity index (χ2v) is 7.14. The molecule has 8 heteroatoms. The lowest BCUT2D eigenvalue weighted by molar-refractivity contribution is -0.137. The van der Waals surface area contributed by atoms with Gasteiger partial charge in [-0.1, -0.05) is 12.1 Å². The molecule has 0 aliphatic carbocycles. The largest absolute Gasteiger partial charge is 0.497 e. The van der Waals surface area contributed by atoms with Crippen LogP contribution >= 0.6 is 12.2 Å². The number of rotatable bonds is 3. The van der Waals surface area contributed by atoms with Gasteiger partial charge in [-0.15, -0.1) is 0 Å². The molecule has 0 spiro atoms. The van der Waals surface area contributed by atoms with Crippen LogP contribution < -0.4 is 10.1 Å². The van der Waals surface area contributed by atoms with E-state index in [2.05, 4.69) is 5.32 Å². The van der Waals surface area contributed by atoms with Crippen LogP contribution in [-0.4, -0.2) is 35.3 Å². The Morgan fingerprint density at radius 2 is 1.79 bits per heavy atom. The van der Waals surface area contributed by atoms with Crippen LogP contribution in [0.15, 0.2) is 48.5 Å². The van der Waals surface area contributed by atoms with Gasteiger partial charge in [-0.3, -0.25) is 0 Å². The molecule has 0 amide bonds. The molecule has 2 aromatic carbocycles. The minimum absolute atomic E-state index is 0.288. The molecule has 1 heterocycles. The molecule has 0 unspecified atom stereocenters. The van der Waals surface area contributed by atoms with Gasteiger partial charge >= 0.3 is 6.18 Å². The van der Waals surface area contributed by atoms with Crippen molar-refractivity contribution >= 4 is 23.0 Å². The number of likely N-dealkylation sites (tertiary alicyclic amines) is 1. The van der Waals surface area contributed by atoms with Crippen LogP contribution in [-0.2, 0) is 11.8 Å². The molecule has 2 N–H and O–H groups in total. The molecule has 1 aliphatic heterocycles. The van der Waals surface area contributed by atoms with Crippen LogP contribution in [0, 0.1) is 0 Å². The van der Waals surface area contributed by atoms with Crippen molar-refractivity contribution in [1.29, 1.82) is 0 Å². The summed E-state index contributed by atoms with van der Waals surface area (Å²) >= 11 is 5.43. The van der Waals surface area contributed by atoms with E-state index in [-0.39, 0.29) is 5.56 Å². The quantitative estimate of drug-likeness (QED) is 0.735. The number of thiocarbonyl (C=S) groups is 1. The molecular formula is C20H21F3N2O2S. The van der Waals surface area contributed by atoms with Gasteiger partial charge in [0.1, 0.15) is 5.75 Å². The van der Waals surface area contributed by atoms with Crippen LogP contribution in [0.25, 0.3) is 0 Å². The Labute approximate surface area is 166 Å². The molecule has 3 rings (SSSR count). The maximum atomic E-state index is 13.0. The first kappa shape index (κ1) is 20.4. The van der Waals surface area contributed by atoms with Crippen molar-refractivity contribution in [2.24, 2.45) is 0 Å². The summed E-state index contributed by atoms with van der Waals surface area (Å²) < 4.78 is 44.0. The van der Waals surface area contributed by atoms with Gasteiger partial charge < -0.3 is 20.1 Å². The van der Waals surface area contributed by atoms with Crippen LogP contribution in [0.4, 0.5) is 18.9 Å². The van der Waals surface area contributed by atoms with E-state index in [9.17, 15) is 18.3 Å². The summed E-state index contributed by atoms with van der Waals surface area (Å²) in [6.45, 7) is 0.878. The monoisotopic (exact) mass is 410 g/mol. The van der Waals surface area contributed by atoms with Gasteiger partial charge in [0.05, 0.1) is 18.3 Å². The number of ether oxygens (including phenoxy) is 1. The van der Waals surface area contributed by atoms with Crippen LogP contribution in [0.5, 0.6) is 5.75 Å². The molecule has 0 atom stereocenters. The van der Waals surface area contributed by atoms with Gasteiger partial charge in [-0.2, -0.15) is 13.2 Å².